The van der Waals surface area contributed by atoms with Gasteiger partial charge in [-0.3, -0.25) is 4.79 Å². The van der Waals surface area contributed by atoms with Gasteiger partial charge in [0.05, 0.1) is 5.88 Å². The van der Waals surface area contributed by atoms with E-state index < -0.39 is 12.1 Å². The van der Waals surface area contributed by atoms with Gasteiger partial charge in [-0.05, 0) is 11.6 Å². The SMILES string of the molecule is O=C(CCl)Cc1ccc(C(O)C(=O)O)c(Cl)c1. The number of Topliss-reactive ketones (excluding diaryl/α,β-unsaturated/α-hetero) is 1. The first kappa shape index (κ1) is 14.0. The lowest BCUT2D eigenvalue weighted by atomic mass is 10.0. The minimum Gasteiger partial charge on any atom is -0.479 e. The first-order chi connectivity index (χ1) is 7.95. The smallest absolute Gasteiger partial charge is 0.337 e. The number of benzene rings is 1. The van der Waals surface area contributed by atoms with Gasteiger partial charge in [0.15, 0.2) is 11.9 Å². The predicted molar refractivity (Wildman–Crippen MR) is 63.5 cm³/mol. The number of carboxylic acid groups (broad SMARTS) is 1. The van der Waals surface area contributed by atoms with E-state index in [1.807, 2.05) is 0 Å². The molecule has 0 aromatic heterocycles. The van der Waals surface area contributed by atoms with E-state index in [0.717, 1.165) is 0 Å². The molecule has 1 rings (SSSR count). The van der Waals surface area contributed by atoms with Crippen molar-refractivity contribution < 1.29 is 19.8 Å². The van der Waals surface area contributed by atoms with E-state index in [4.69, 9.17) is 28.3 Å². The molecule has 0 fully saturated rings. The van der Waals surface area contributed by atoms with Crippen LogP contribution in [0.25, 0.3) is 0 Å². The third-order valence-electron chi connectivity index (χ3n) is 2.14. The summed E-state index contributed by atoms with van der Waals surface area (Å²) >= 11 is 11.2. The number of hydrogen-bond donors (Lipinski definition) is 2. The van der Waals surface area contributed by atoms with Crippen molar-refractivity contribution in [3.05, 3.63) is 34.3 Å². The first-order valence-corrected chi connectivity index (χ1v) is 5.63. The summed E-state index contributed by atoms with van der Waals surface area (Å²) in [4.78, 5) is 21.7. The molecule has 0 saturated heterocycles. The Morgan fingerprint density at radius 1 is 1.35 bits per heavy atom. The maximum absolute atomic E-state index is 11.1. The summed E-state index contributed by atoms with van der Waals surface area (Å²) in [5.41, 5.74) is 0.725. The summed E-state index contributed by atoms with van der Waals surface area (Å²) in [5.74, 6) is -1.62. The zero-order valence-corrected chi connectivity index (χ0v) is 10.2. The zero-order chi connectivity index (χ0) is 13.0. The van der Waals surface area contributed by atoms with Gasteiger partial charge in [0.25, 0.3) is 0 Å². The Kier molecular flexibility index (Phi) is 4.93. The molecular weight excluding hydrogens is 267 g/mol. The Morgan fingerprint density at radius 3 is 2.47 bits per heavy atom. The lowest BCUT2D eigenvalue weighted by Gasteiger charge is -2.09. The van der Waals surface area contributed by atoms with Crippen LogP contribution in [-0.2, 0) is 16.0 Å². The highest BCUT2D eigenvalue weighted by Crippen LogP contribution is 2.24. The van der Waals surface area contributed by atoms with Gasteiger partial charge in [-0.2, -0.15) is 0 Å². The maximum Gasteiger partial charge on any atom is 0.337 e. The molecule has 6 heteroatoms. The van der Waals surface area contributed by atoms with Crippen molar-refractivity contribution in [2.45, 2.75) is 12.5 Å². The lowest BCUT2D eigenvalue weighted by Crippen LogP contribution is -2.11. The molecule has 1 aromatic carbocycles. The van der Waals surface area contributed by atoms with E-state index in [1.165, 1.54) is 18.2 Å². The largest absolute Gasteiger partial charge is 0.479 e. The van der Waals surface area contributed by atoms with E-state index in [2.05, 4.69) is 0 Å². The third-order valence-corrected chi connectivity index (χ3v) is 2.77. The van der Waals surface area contributed by atoms with E-state index in [-0.39, 0.29) is 28.7 Å². The molecule has 0 aliphatic heterocycles. The molecule has 1 aromatic rings. The number of halogens is 2. The van der Waals surface area contributed by atoms with E-state index in [9.17, 15) is 14.7 Å². The normalized spacial score (nSPS) is 12.2. The second-order valence-corrected chi connectivity index (χ2v) is 4.12. The van der Waals surface area contributed by atoms with E-state index >= 15 is 0 Å². The standard InChI is InChI=1S/C11H10Cl2O4/c12-5-7(14)3-6-1-2-8(9(13)4-6)10(15)11(16)17/h1-2,4,10,15H,3,5H2,(H,16,17). The van der Waals surface area contributed by atoms with Gasteiger partial charge in [0, 0.05) is 17.0 Å². The van der Waals surface area contributed by atoms with Gasteiger partial charge >= 0.3 is 5.97 Å². The number of hydrogen-bond acceptors (Lipinski definition) is 3. The molecule has 0 amide bonds. The summed E-state index contributed by atoms with van der Waals surface area (Å²) in [6.45, 7) is 0. The first-order valence-electron chi connectivity index (χ1n) is 4.72. The zero-order valence-electron chi connectivity index (χ0n) is 8.69. The van der Waals surface area contributed by atoms with Crippen LogP contribution in [-0.4, -0.2) is 27.8 Å². The molecule has 0 saturated carbocycles. The van der Waals surface area contributed by atoms with Gasteiger partial charge in [0.2, 0.25) is 0 Å². The average Bonchev–Trinajstić information content (AvgIpc) is 2.28. The number of aliphatic carboxylic acids is 1. The van der Waals surface area contributed by atoms with Crippen LogP contribution in [0.3, 0.4) is 0 Å². The second-order valence-electron chi connectivity index (χ2n) is 3.45. The van der Waals surface area contributed by atoms with Crippen molar-refractivity contribution in [1.29, 1.82) is 0 Å². The number of aliphatic hydroxyl groups is 1. The molecule has 2 N–H and O–H groups in total. The highest BCUT2D eigenvalue weighted by atomic mass is 35.5. The summed E-state index contributed by atoms with van der Waals surface area (Å²) in [5, 5.41) is 18.1. The number of alkyl halides is 1. The molecule has 0 aliphatic carbocycles. The van der Waals surface area contributed by atoms with Crippen LogP contribution in [0.2, 0.25) is 5.02 Å². The number of rotatable bonds is 5. The van der Waals surface area contributed by atoms with Crippen LogP contribution in [0.4, 0.5) is 0 Å². The van der Waals surface area contributed by atoms with Crippen molar-refractivity contribution in [3.8, 4) is 0 Å². The van der Waals surface area contributed by atoms with Gasteiger partial charge in [-0.25, -0.2) is 4.79 Å². The number of carboxylic acids is 1. The van der Waals surface area contributed by atoms with Crippen LogP contribution >= 0.6 is 23.2 Å². The van der Waals surface area contributed by atoms with Crippen LogP contribution in [0.5, 0.6) is 0 Å². The van der Waals surface area contributed by atoms with Crippen molar-refractivity contribution in [2.24, 2.45) is 0 Å². The number of aliphatic hydroxyl groups excluding tert-OH is 1. The molecule has 0 bridgehead atoms. The van der Waals surface area contributed by atoms with Gasteiger partial charge in [-0.15, -0.1) is 11.6 Å². The Bertz CT molecular complexity index is 445. The van der Waals surface area contributed by atoms with Crippen molar-refractivity contribution >= 4 is 35.0 Å². The fourth-order valence-corrected chi connectivity index (χ4v) is 1.71. The lowest BCUT2D eigenvalue weighted by molar-refractivity contribution is -0.147. The van der Waals surface area contributed by atoms with E-state index in [0.29, 0.717) is 5.56 Å². The van der Waals surface area contributed by atoms with Gasteiger partial charge < -0.3 is 10.2 Å². The van der Waals surface area contributed by atoms with Crippen LogP contribution < -0.4 is 0 Å². The Morgan fingerprint density at radius 2 is 2.00 bits per heavy atom. The summed E-state index contributed by atoms with van der Waals surface area (Å²) in [6.07, 6.45) is -1.53. The Labute approximate surface area is 108 Å². The highest BCUT2D eigenvalue weighted by Gasteiger charge is 2.19. The predicted octanol–water partition coefficient (Wildman–Crippen LogP) is 1.81. The highest BCUT2D eigenvalue weighted by molar-refractivity contribution is 6.31. The maximum atomic E-state index is 11.1. The molecule has 1 unspecified atom stereocenters. The van der Waals surface area contributed by atoms with Gasteiger partial charge in [-0.1, -0.05) is 23.7 Å². The Hall–Kier alpha value is -1.10. The molecule has 0 radical (unpaired) electrons. The van der Waals surface area contributed by atoms with Crippen molar-refractivity contribution in [2.75, 3.05) is 5.88 Å². The summed E-state index contributed by atoms with van der Waals surface area (Å²) in [6, 6.07) is 4.38. The van der Waals surface area contributed by atoms with Crippen molar-refractivity contribution in [1.82, 2.24) is 0 Å². The van der Waals surface area contributed by atoms with Crippen LogP contribution in [0.1, 0.15) is 17.2 Å². The fourth-order valence-electron chi connectivity index (χ4n) is 1.31. The van der Waals surface area contributed by atoms with E-state index in [1.54, 1.807) is 0 Å². The number of carbonyl (C=O) groups excluding carboxylic acids is 1. The molecule has 0 aliphatic rings. The quantitative estimate of drug-likeness (QED) is 0.805. The topological polar surface area (TPSA) is 74.6 Å². The minimum absolute atomic E-state index is 0.0862. The molecule has 1 atom stereocenters. The Balaban J connectivity index is 2.94. The average molecular weight is 277 g/mol. The summed E-state index contributed by atoms with van der Waals surface area (Å²) in [7, 11) is 0. The summed E-state index contributed by atoms with van der Waals surface area (Å²) < 4.78 is 0. The number of carbonyl (C=O) groups is 2. The number of ketones is 1. The molecule has 4 nitrogen and oxygen atoms in total. The molecule has 0 heterocycles. The molecular formula is C11H10Cl2O4. The van der Waals surface area contributed by atoms with Gasteiger partial charge in [0.1, 0.15) is 0 Å². The van der Waals surface area contributed by atoms with Crippen molar-refractivity contribution in [3.63, 3.8) is 0 Å². The molecule has 92 valence electrons. The van der Waals surface area contributed by atoms with Crippen LogP contribution in [0, 0.1) is 0 Å². The molecule has 17 heavy (non-hydrogen) atoms. The third kappa shape index (κ3) is 3.70. The monoisotopic (exact) mass is 276 g/mol. The minimum atomic E-state index is -1.67. The fraction of sp³-hybridized carbons (Fsp3) is 0.273. The van der Waals surface area contributed by atoms with Crippen LogP contribution in [0.15, 0.2) is 18.2 Å². The second kappa shape index (κ2) is 6.00. The molecule has 0 spiro atoms.